The molecule has 0 radical (unpaired) electrons. The van der Waals surface area contributed by atoms with Gasteiger partial charge in [0.05, 0.1) is 5.69 Å². The molecular weight excluding hydrogens is 331 g/mol. The number of carbonyl (C=O) groups excluding carboxylic acids is 1. The Morgan fingerprint density at radius 1 is 1.52 bits per heavy atom. The summed E-state index contributed by atoms with van der Waals surface area (Å²) < 4.78 is 0. The molecule has 0 aliphatic carbocycles. The maximum Gasteiger partial charge on any atom is 0.223 e. The molecule has 122 valence electrons. The average molecular weight is 355 g/mol. The second-order valence-electron chi connectivity index (χ2n) is 5.30. The molecule has 0 aromatic carbocycles. The van der Waals surface area contributed by atoms with E-state index in [0.717, 1.165) is 25.3 Å². The number of hydrogen-bond donors (Lipinski definition) is 2. The molecule has 1 fully saturated rings. The molecule has 0 bridgehead atoms. The van der Waals surface area contributed by atoms with E-state index in [2.05, 4.69) is 22.1 Å². The van der Waals surface area contributed by atoms with Crippen molar-refractivity contribution in [1.82, 2.24) is 9.88 Å². The fraction of sp³-hybridized carbons (Fsp3) is 0.692. The lowest BCUT2D eigenvalue weighted by Crippen LogP contribution is -2.39. The van der Waals surface area contributed by atoms with Gasteiger partial charge in [-0.1, -0.05) is 0 Å². The zero-order chi connectivity index (χ0) is 13.8. The molecule has 3 N–H and O–H groups in total. The van der Waals surface area contributed by atoms with Crippen molar-refractivity contribution >= 4 is 47.2 Å². The second kappa shape index (κ2) is 9.58. The van der Waals surface area contributed by atoms with Crippen LogP contribution in [0.2, 0.25) is 0 Å². The van der Waals surface area contributed by atoms with Gasteiger partial charge in [0.25, 0.3) is 0 Å². The van der Waals surface area contributed by atoms with Gasteiger partial charge in [-0.05, 0) is 38.8 Å². The molecule has 2 heterocycles. The van der Waals surface area contributed by atoms with Crippen LogP contribution in [0.4, 0.5) is 5.13 Å². The van der Waals surface area contributed by atoms with Gasteiger partial charge in [0, 0.05) is 24.9 Å². The smallest absolute Gasteiger partial charge is 0.223 e. The number of likely N-dealkylation sites (tertiary alicyclic amines) is 1. The molecule has 5 nitrogen and oxygen atoms in total. The molecule has 0 spiro atoms. The number of aromatic nitrogens is 1. The maximum absolute atomic E-state index is 10.9. The van der Waals surface area contributed by atoms with Crippen molar-refractivity contribution in [2.24, 2.45) is 11.7 Å². The number of rotatable bonds is 4. The number of halogens is 2. The molecule has 0 saturated carbocycles. The summed E-state index contributed by atoms with van der Waals surface area (Å²) in [5.74, 6) is 0.584. The van der Waals surface area contributed by atoms with E-state index in [4.69, 9.17) is 5.73 Å². The first-order valence-electron chi connectivity index (χ1n) is 6.74. The highest BCUT2D eigenvalue weighted by molar-refractivity contribution is 7.13. The standard InChI is InChI=1S/C13H22N4OS.2ClH/c1-9(14)11-3-5-17(6-4-11)7-12-8-19-13(16-12)15-10(2)18;;/h8-9,11H,3-7,14H2,1-2H3,(H,15,16,18);2*1H. The van der Waals surface area contributed by atoms with E-state index in [1.165, 1.54) is 31.1 Å². The zero-order valence-corrected chi connectivity index (χ0v) is 14.8. The Kier molecular flexibility index (Phi) is 9.40. The molecule has 1 aliphatic rings. The van der Waals surface area contributed by atoms with Crippen LogP contribution in [-0.4, -0.2) is 34.9 Å². The highest BCUT2D eigenvalue weighted by Crippen LogP contribution is 2.22. The minimum absolute atomic E-state index is 0. The lowest BCUT2D eigenvalue weighted by Gasteiger charge is -2.33. The first-order chi connectivity index (χ1) is 9.04. The maximum atomic E-state index is 10.9. The molecule has 8 heteroatoms. The summed E-state index contributed by atoms with van der Waals surface area (Å²) in [6.07, 6.45) is 2.33. The van der Waals surface area contributed by atoms with E-state index >= 15 is 0 Å². The van der Waals surface area contributed by atoms with Crippen LogP contribution in [0, 0.1) is 5.92 Å². The van der Waals surface area contributed by atoms with Gasteiger partial charge in [-0.15, -0.1) is 36.2 Å². The van der Waals surface area contributed by atoms with Crippen molar-refractivity contribution in [1.29, 1.82) is 0 Å². The third-order valence-electron chi connectivity index (χ3n) is 3.60. The van der Waals surface area contributed by atoms with Crippen LogP contribution in [0.1, 0.15) is 32.4 Å². The molecule has 1 amide bonds. The third kappa shape index (κ3) is 6.48. The quantitative estimate of drug-likeness (QED) is 0.871. The van der Waals surface area contributed by atoms with Gasteiger partial charge in [0.1, 0.15) is 0 Å². The van der Waals surface area contributed by atoms with E-state index in [1.807, 2.05) is 5.38 Å². The molecule has 21 heavy (non-hydrogen) atoms. The second-order valence-corrected chi connectivity index (χ2v) is 6.16. The van der Waals surface area contributed by atoms with Crippen molar-refractivity contribution in [2.45, 2.75) is 39.3 Å². The third-order valence-corrected chi connectivity index (χ3v) is 4.40. The van der Waals surface area contributed by atoms with Crippen molar-refractivity contribution in [3.63, 3.8) is 0 Å². The summed E-state index contributed by atoms with van der Waals surface area (Å²) in [5, 5.41) is 5.42. The average Bonchev–Trinajstić information content (AvgIpc) is 2.76. The minimum atomic E-state index is -0.0707. The number of hydrogen-bond acceptors (Lipinski definition) is 5. The Hall–Kier alpha value is -0.400. The van der Waals surface area contributed by atoms with Crippen molar-refractivity contribution < 1.29 is 4.79 Å². The van der Waals surface area contributed by atoms with E-state index in [-0.39, 0.29) is 30.7 Å². The first kappa shape index (κ1) is 20.6. The molecule has 1 aromatic heterocycles. The van der Waals surface area contributed by atoms with Crippen molar-refractivity contribution in [3.05, 3.63) is 11.1 Å². The number of thiazole rings is 1. The van der Waals surface area contributed by atoms with Gasteiger partial charge in [-0.2, -0.15) is 0 Å². The zero-order valence-electron chi connectivity index (χ0n) is 12.4. The van der Waals surface area contributed by atoms with Gasteiger partial charge in [-0.3, -0.25) is 9.69 Å². The monoisotopic (exact) mass is 354 g/mol. The van der Waals surface area contributed by atoms with Crippen molar-refractivity contribution in [3.8, 4) is 0 Å². The van der Waals surface area contributed by atoms with Crippen LogP contribution >= 0.6 is 36.2 Å². The van der Waals surface area contributed by atoms with Gasteiger partial charge >= 0.3 is 0 Å². The van der Waals surface area contributed by atoms with Crippen LogP contribution in [-0.2, 0) is 11.3 Å². The SMILES string of the molecule is CC(=O)Nc1nc(CN2CCC(C(C)N)CC2)cs1.Cl.Cl. The van der Waals surface area contributed by atoms with E-state index < -0.39 is 0 Å². The molecule has 1 saturated heterocycles. The Bertz CT molecular complexity index is 434. The van der Waals surface area contributed by atoms with E-state index in [0.29, 0.717) is 17.1 Å². The first-order valence-corrected chi connectivity index (χ1v) is 7.62. The number of piperidine rings is 1. The van der Waals surface area contributed by atoms with Crippen LogP contribution < -0.4 is 11.1 Å². The number of amides is 1. The number of nitrogens with two attached hydrogens (primary N) is 1. The minimum Gasteiger partial charge on any atom is -0.328 e. The van der Waals surface area contributed by atoms with Gasteiger partial charge < -0.3 is 11.1 Å². The Balaban J connectivity index is 0.00000200. The fourth-order valence-electron chi connectivity index (χ4n) is 2.45. The molecule has 1 aliphatic heterocycles. The summed E-state index contributed by atoms with van der Waals surface area (Å²) in [6, 6.07) is 0.299. The molecule has 2 rings (SSSR count). The van der Waals surface area contributed by atoms with E-state index in [9.17, 15) is 4.79 Å². The Morgan fingerprint density at radius 2 is 2.14 bits per heavy atom. The van der Waals surface area contributed by atoms with Gasteiger partial charge in [0.15, 0.2) is 5.13 Å². The molecular formula is C13H24Cl2N4OS. The van der Waals surface area contributed by atoms with Crippen LogP contribution in [0.3, 0.4) is 0 Å². The summed E-state index contributed by atoms with van der Waals surface area (Å²) in [6.45, 7) is 6.63. The highest BCUT2D eigenvalue weighted by Gasteiger charge is 2.22. The lowest BCUT2D eigenvalue weighted by atomic mass is 9.91. The van der Waals surface area contributed by atoms with Crippen LogP contribution in [0.25, 0.3) is 0 Å². The predicted octanol–water partition coefficient (Wildman–Crippen LogP) is 2.50. The van der Waals surface area contributed by atoms with Crippen LogP contribution in [0.15, 0.2) is 5.38 Å². The van der Waals surface area contributed by atoms with Gasteiger partial charge in [-0.25, -0.2) is 4.98 Å². The lowest BCUT2D eigenvalue weighted by molar-refractivity contribution is -0.114. The summed E-state index contributed by atoms with van der Waals surface area (Å²) >= 11 is 1.48. The number of nitrogens with one attached hydrogen (secondary N) is 1. The number of carbonyl (C=O) groups is 1. The van der Waals surface area contributed by atoms with E-state index in [1.54, 1.807) is 0 Å². The summed E-state index contributed by atoms with van der Waals surface area (Å²) in [4.78, 5) is 17.8. The fourth-order valence-corrected chi connectivity index (χ4v) is 3.20. The molecule has 1 atom stereocenters. The normalized spacial score (nSPS) is 17.5. The van der Waals surface area contributed by atoms with Gasteiger partial charge in [0.2, 0.25) is 5.91 Å². The number of nitrogens with zero attached hydrogens (tertiary/aromatic N) is 2. The topological polar surface area (TPSA) is 71.2 Å². The molecule has 1 aromatic rings. The Morgan fingerprint density at radius 3 is 2.67 bits per heavy atom. The van der Waals surface area contributed by atoms with Crippen LogP contribution in [0.5, 0.6) is 0 Å². The molecule has 1 unspecified atom stereocenters. The number of anilines is 1. The summed E-state index contributed by atoms with van der Waals surface area (Å²) in [7, 11) is 0. The van der Waals surface area contributed by atoms with Crippen molar-refractivity contribution in [2.75, 3.05) is 18.4 Å². The highest BCUT2D eigenvalue weighted by atomic mass is 35.5. The summed E-state index contributed by atoms with van der Waals surface area (Å²) in [5.41, 5.74) is 6.98. The predicted molar refractivity (Wildman–Crippen MR) is 92.6 cm³/mol. The Labute approximate surface area is 142 Å². The largest absolute Gasteiger partial charge is 0.328 e.